The number of amides is 1. The Kier molecular flexibility index (Phi) is 6.72. The molecule has 1 aromatic carbocycles. The van der Waals surface area contributed by atoms with Gasteiger partial charge < -0.3 is 15.0 Å². The normalized spacial score (nSPS) is 16.0. The van der Waals surface area contributed by atoms with Gasteiger partial charge in [0.25, 0.3) is 0 Å². The van der Waals surface area contributed by atoms with Crippen LogP contribution >= 0.6 is 0 Å². The summed E-state index contributed by atoms with van der Waals surface area (Å²) in [5.41, 5.74) is 1.03. The molecule has 0 aliphatic carbocycles. The minimum Gasteiger partial charge on any atom is -0.445 e. The number of likely N-dealkylation sites (tertiary alicyclic amines) is 1. The summed E-state index contributed by atoms with van der Waals surface area (Å²) in [6.07, 6.45) is 3.19. The van der Waals surface area contributed by atoms with Crippen LogP contribution in [0.2, 0.25) is 0 Å². The van der Waals surface area contributed by atoms with Gasteiger partial charge in [-0.3, -0.25) is 0 Å². The van der Waals surface area contributed by atoms with E-state index in [0.717, 1.165) is 44.0 Å². The van der Waals surface area contributed by atoms with Crippen LogP contribution < -0.4 is 5.32 Å². The summed E-state index contributed by atoms with van der Waals surface area (Å²) >= 11 is 0. The zero-order valence-electron chi connectivity index (χ0n) is 13.8. The lowest BCUT2D eigenvalue weighted by atomic mass is 9.94. The molecule has 1 aliphatic rings. The van der Waals surface area contributed by atoms with Crippen molar-refractivity contribution in [1.82, 2.24) is 10.2 Å². The number of nitrogens with zero attached hydrogens (tertiary/aromatic N) is 1. The molecule has 1 saturated heterocycles. The summed E-state index contributed by atoms with van der Waals surface area (Å²) < 4.78 is 5.39. The van der Waals surface area contributed by atoms with Gasteiger partial charge in [-0.25, -0.2) is 4.79 Å². The molecule has 1 fully saturated rings. The van der Waals surface area contributed by atoms with E-state index in [1.165, 1.54) is 6.42 Å². The van der Waals surface area contributed by atoms with Gasteiger partial charge in [-0.15, -0.1) is 0 Å². The first-order valence-corrected chi connectivity index (χ1v) is 8.34. The molecule has 1 N–H and O–H groups in total. The third-order valence-corrected chi connectivity index (χ3v) is 4.18. The fourth-order valence-electron chi connectivity index (χ4n) is 2.79. The van der Waals surface area contributed by atoms with Gasteiger partial charge in [0.15, 0.2) is 0 Å². The summed E-state index contributed by atoms with van der Waals surface area (Å²) in [4.78, 5) is 13.9. The fraction of sp³-hybridized carbons (Fsp3) is 0.611. The summed E-state index contributed by atoms with van der Waals surface area (Å²) in [5, 5.41) is 3.46. The first-order valence-electron chi connectivity index (χ1n) is 8.34. The smallest absolute Gasteiger partial charge is 0.410 e. The van der Waals surface area contributed by atoms with Gasteiger partial charge in [-0.05, 0) is 37.3 Å². The Labute approximate surface area is 133 Å². The number of carbonyl (C=O) groups excluding carboxylic acids is 1. The van der Waals surface area contributed by atoms with Crippen LogP contribution in [0.15, 0.2) is 30.3 Å². The average Bonchev–Trinajstić information content (AvgIpc) is 2.54. The molecule has 4 heteroatoms. The van der Waals surface area contributed by atoms with E-state index in [1.807, 2.05) is 35.2 Å². The zero-order valence-corrected chi connectivity index (χ0v) is 13.8. The fourth-order valence-corrected chi connectivity index (χ4v) is 2.79. The van der Waals surface area contributed by atoms with Gasteiger partial charge in [0.05, 0.1) is 0 Å². The van der Waals surface area contributed by atoms with Crippen molar-refractivity contribution in [3.8, 4) is 0 Å². The summed E-state index contributed by atoms with van der Waals surface area (Å²) in [6, 6.07) is 10.4. The van der Waals surface area contributed by atoms with Gasteiger partial charge >= 0.3 is 6.09 Å². The lowest BCUT2D eigenvalue weighted by Crippen LogP contribution is -2.39. The largest absolute Gasteiger partial charge is 0.445 e. The second-order valence-corrected chi connectivity index (χ2v) is 6.37. The van der Waals surface area contributed by atoms with Crippen molar-refractivity contribution >= 4 is 6.09 Å². The molecule has 0 atom stereocenters. The van der Waals surface area contributed by atoms with Crippen LogP contribution in [0, 0.1) is 5.92 Å². The molecule has 0 bridgehead atoms. The zero-order chi connectivity index (χ0) is 15.8. The topological polar surface area (TPSA) is 41.6 Å². The molecule has 4 nitrogen and oxygen atoms in total. The van der Waals surface area contributed by atoms with Crippen molar-refractivity contribution in [2.24, 2.45) is 5.92 Å². The van der Waals surface area contributed by atoms with Gasteiger partial charge in [-0.2, -0.15) is 0 Å². The van der Waals surface area contributed by atoms with Gasteiger partial charge in [0.2, 0.25) is 0 Å². The number of benzene rings is 1. The third-order valence-electron chi connectivity index (χ3n) is 4.18. The van der Waals surface area contributed by atoms with E-state index in [2.05, 4.69) is 19.2 Å². The number of hydrogen-bond donors (Lipinski definition) is 1. The Balaban J connectivity index is 1.64. The molecule has 0 saturated carbocycles. The van der Waals surface area contributed by atoms with Crippen molar-refractivity contribution in [3.05, 3.63) is 35.9 Å². The third kappa shape index (κ3) is 5.68. The molecule has 0 radical (unpaired) electrons. The first-order chi connectivity index (χ1) is 10.6. The van der Waals surface area contributed by atoms with E-state index in [0.29, 0.717) is 12.6 Å². The molecule has 1 aromatic rings. The Hall–Kier alpha value is -1.55. The van der Waals surface area contributed by atoms with Crippen molar-refractivity contribution in [2.45, 2.75) is 45.8 Å². The highest BCUT2D eigenvalue weighted by Gasteiger charge is 2.23. The maximum absolute atomic E-state index is 12.1. The predicted octanol–water partition coefficient (Wildman–Crippen LogP) is 3.42. The number of rotatable bonds is 6. The minimum absolute atomic E-state index is 0.178. The van der Waals surface area contributed by atoms with Crippen LogP contribution in [0.5, 0.6) is 0 Å². The number of nitrogens with one attached hydrogen (secondary N) is 1. The molecule has 0 aromatic heterocycles. The number of ether oxygens (including phenoxy) is 1. The van der Waals surface area contributed by atoms with Crippen molar-refractivity contribution in [2.75, 3.05) is 19.6 Å². The predicted molar refractivity (Wildman–Crippen MR) is 88.7 cm³/mol. The Morgan fingerprint density at radius 3 is 2.59 bits per heavy atom. The van der Waals surface area contributed by atoms with Gasteiger partial charge in [-0.1, -0.05) is 44.2 Å². The quantitative estimate of drug-likeness (QED) is 0.875. The van der Waals surface area contributed by atoms with Crippen LogP contribution in [0.1, 0.15) is 38.7 Å². The lowest BCUT2D eigenvalue weighted by Gasteiger charge is -2.31. The minimum atomic E-state index is -0.178. The molecule has 1 amide bonds. The second kappa shape index (κ2) is 8.79. The Bertz CT molecular complexity index is 440. The monoisotopic (exact) mass is 304 g/mol. The molecular weight excluding hydrogens is 276 g/mol. The van der Waals surface area contributed by atoms with E-state index in [9.17, 15) is 4.79 Å². The lowest BCUT2D eigenvalue weighted by molar-refractivity contribution is 0.0815. The van der Waals surface area contributed by atoms with E-state index >= 15 is 0 Å². The van der Waals surface area contributed by atoms with E-state index in [-0.39, 0.29) is 6.09 Å². The summed E-state index contributed by atoms with van der Waals surface area (Å²) in [5.74, 6) is 0.726. The highest BCUT2D eigenvalue weighted by molar-refractivity contribution is 5.67. The van der Waals surface area contributed by atoms with Crippen LogP contribution in [-0.2, 0) is 11.3 Å². The standard InChI is InChI=1S/C18H28N2O2/c1-15(2)19-11-8-16-9-12-20(13-10-16)18(21)22-14-17-6-4-3-5-7-17/h3-7,15-16,19H,8-14H2,1-2H3. The molecule has 0 spiro atoms. The number of piperidine rings is 1. The van der Waals surface area contributed by atoms with Crippen LogP contribution in [0.3, 0.4) is 0 Å². The van der Waals surface area contributed by atoms with E-state index in [4.69, 9.17) is 4.74 Å². The molecule has 22 heavy (non-hydrogen) atoms. The summed E-state index contributed by atoms with van der Waals surface area (Å²) in [6.45, 7) is 7.41. The summed E-state index contributed by atoms with van der Waals surface area (Å²) in [7, 11) is 0. The number of hydrogen-bond acceptors (Lipinski definition) is 3. The Morgan fingerprint density at radius 1 is 1.27 bits per heavy atom. The highest BCUT2D eigenvalue weighted by Crippen LogP contribution is 2.20. The van der Waals surface area contributed by atoms with Crippen LogP contribution in [-0.4, -0.2) is 36.7 Å². The second-order valence-electron chi connectivity index (χ2n) is 6.37. The molecule has 0 unspecified atom stereocenters. The van der Waals surface area contributed by atoms with Crippen LogP contribution in [0.25, 0.3) is 0 Å². The van der Waals surface area contributed by atoms with E-state index < -0.39 is 0 Å². The highest BCUT2D eigenvalue weighted by atomic mass is 16.6. The van der Waals surface area contributed by atoms with Gasteiger partial charge in [0, 0.05) is 19.1 Å². The van der Waals surface area contributed by atoms with Crippen molar-refractivity contribution < 1.29 is 9.53 Å². The average molecular weight is 304 g/mol. The molecular formula is C18H28N2O2. The van der Waals surface area contributed by atoms with Gasteiger partial charge in [0.1, 0.15) is 6.61 Å². The van der Waals surface area contributed by atoms with E-state index in [1.54, 1.807) is 0 Å². The number of carbonyl (C=O) groups is 1. The molecule has 2 rings (SSSR count). The SMILES string of the molecule is CC(C)NCCC1CCN(C(=O)OCc2ccccc2)CC1. The Morgan fingerprint density at radius 2 is 1.95 bits per heavy atom. The first kappa shape index (κ1) is 16.8. The van der Waals surface area contributed by atoms with Crippen molar-refractivity contribution in [1.29, 1.82) is 0 Å². The van der Waals surface area contributed by atoms with Crippen molar-refractivity contribution in [3.63, 3.8) is 0 Å². The maximum atomic E-state index is 12.1. The van der Waals surface area contributed by atoms with Crippen LogP contribution in [0.4, 0.5) is 4.79 Å². The maximum Gasteiger partial charge on any atom is 0.410 e. The molecule has 1 aliphatic heterocycles. The molecule has 1 heterocycles. The molecule has 122 valence electrons.